The molecule has 0 aliphatic heterocycles. The number of hydrogen-bond acceptors (Lipinski definition) is 5. The largest absolute Gasteiger partial charge is 0.472 e. The van der Waals surface area contributed by atoms with Gasteiger partial charge in [0.2, 0.25) is 5.88 Å². The van der Waals surface area contributed by atoms with Gasteiger partial charge in [0.05, 0.1) is 12.2 Å². The summed E-state index contributed by atoms with van der Waals surface area (Å²) in [4.78, 5) is 12.0. The Balaban J connectivity index is 2.24. The maximum atomic E-state index is 12.0. The predicted octanol–water partition coefficient (Wildman–Crippen LogP) is 2.89. The molecular weight excluding hydrogens is 288 g/mol. The van der Waals surface area contributed by atoms with E-state index < -0.39 is 0 Å². The van der Waals surface area contributed by atoms with Gasteiger partial charge in [0.15, 0.2) is 0 Å². The highest BCUT2D eigenvalue weighted by Crippen LogP contribution is 2.19. The number of carbonyl (C=O) groups excluding carboxylic acids is 1. The highest BCUT2D eigenvalue weighted by molar-refractivity contribution is 7.78. The van der Waals surface area contributed by atoms with Gasteiger partial charge in [0.1, 0.15) is 6.61 Å². The average molecular weight is 306 g/mol. The van der Waals surface area contributed by atoms with Crippen LogP contribution in [0.3, 0.4) is 0 Å². The number of thiol groups is 1. The van der Waals surface area contributed by atoms with Crippen molar-refractivity contribution in [1.82, 2.24) is 9.19 Å². The molecule has 0 spiro atoms. The van der Waals surface area contributed by atoms with Crippen molar-refractivity contribution in [1.29, 1.82) is 0 Å². The molecule has 21 heavy (non-hydrogen) atoms. The van der Waals surface area contributed by atoms with Gasteiger partial charge >= 0.3 is 5.97 Å². The van der Waals surface area contributed by atoms with E-state index in [1.165, 1.54) is 4.09 Å². The molecule has 0 fully saturated rings. The second kappa shape index (κ2) is 7.17. The van der Waals surface area contributed by atoms with Crippen LogP contribution in [0.5, 0.6) is 5.88 Å². The summed E-state index contributed by atoms with van der Waals surface area (Å²) in [6.45, 7) is 4.44. The van der Waals surface area contributed by atoms with Gasteiger partial charge in [-0.25, -0.2) is 8.88 Å². The molecule has 0 aliphatic carbocycles. The molecule has 0 atom stereocenters. The predicted molar refractivity (Wildman–Crippen MR) is 82.7 cm³/mol. The summed E-state index contributed by atoms with van der Waals surface area (Å²) in [5, 5.41) is 4.03. The first-order valence-electron chi connectivity index (χ1n) is 6.81. The number of ether oxygens (including phenoxy) is 2. The fourth-order valence-corrected chi connectivity index (χ4v) is 2.21. The minimum atomic E-state index is -0.328. The molecule has 1 aromatic heterocycles. The summed E-state index contributed by atoms with van der Waals surface area (Å²) in [6.07, 6.45) is 2.49. The molecule has 2 aromatic rings. The molecule has 0 saturated heterocycles. The smallest absolute Gasteiger partial charge is 0.338 e. The Morgan fingerprint density at radius 2 is 2.14 bits per heavy atom. The van der Waals surface area contributed by atoms with Crippen LogP contribution in [0.25, 0.3) is 0 Å². The Morgan fingerprint density at radius 1 is 1.33 bits per heavy atom. The zero-order valence-electron chi connectivity index (χ0n) is 12.1. The number of hydrogen-bond donors (Lipinski definition) is 1. The van der Waals surface area contributed by atoms with E-state index in [1.54, 1.807) is 25.3 Å². The molecule has 112 valence electrons. The highest BCUT2D eigenvalue weighted by atomic mass is 32.1. The molecule has 0 unspecified atom stereocenters. The molecule has 2 rings (SSSR count). The zero-order valence-corrected chi connectivity index (χ0v) is 13.0. The van der Waals surface area contributed by atoms with Gasteiger partial charge in [0.25, 0.3) is 0 Å². The summed E-state index contributed by atoms with van der Waals surface area (Å²) in [7, 11) is 0. The monoisotopic (exact) mass is 306 g/mol. The van der Waals surface area contributed by atoms with E-state index in [1.807, 2.05) is 19.1 Å². The van der Waals surface area contributed by atoms with Crippen LogP contribution in [-0.4, -0.2) is 21.8 Å². The summed E-state index contributed by atoms with van der Waals surface area (Å²) in [5.41, 5.74) is 2.44. The van der Waals surface area contributed by atoms with Gasteiger partial charge in [0, 0.05) is 17.8 Å². The number of esters is 1. The zero-order chi connectivity index (χ0) is 15.2. The van der Waals surface area contributed by atoms with Gasteiger partial charge in [-0.1, -0.05) is 19.1 Å². The molecule has 1 heterocycles. The number of rotatable bonds is 6. The maximum absolute atomic E-state index is 12.0. The van der Waals surface area contributed by atoms with E-state index in [9.17, 15) is 4.79 Å². The Kier molecular flexibility index (Phi) is 5.27. The molecule has 0 N–H and O–H groups in total. The lowest BCUT2D eigenvalue weighted by Gasteiger charge is -2.13. The highest BCUT2D eigenvalue weighted by Gasteiger charge is 2.16. The molecule has 1 aromatic carbocycles. The van der Waals surface area contributed by atoms with Crippen LogP contribution in [0.1, 0.15) is 35.3 Å². The van der Waals surface area contributed by atoms with Gasteiger partial charge in [-0.2, -0.15) is 0 Å². The van der Waals surface area contributed by atoms with E-state index in [2.05, 4.69) is 17.9 Å². The first-order valence-corrected chi connectivity index (χ1v) is 7.21. The summed E-state index contributed by atoms with van der Waals surface area (Å²) in [5.74, 6) is 0.136. The number of aromatic nitrogens is 2. The fraction of sp³-hybridized carbons (Fsp3) is 0.333. The van der Waals surface area contributed by atoms with Crippen molar-refractivity contribution in [2.24, 2.45) is 0 Å². The third-order valence-electron chi connectivity index (χ3n) is 3.07. The molecule has 0 saturated carbocycles. The number of nitrogens with zero attached hydrogens (tertiary/aromatic N) is 2. The quantitative estimate of drug-likeness (QED) is 0.658. The first-order chi connectivity index (χ1) is 10.2. The van der Waals surface area contributed by atoms with Gasteiger partial charge in [-0.05, 0) is 37.8 Å². The summed E-state index contributed by atoms with van der Waals surface area (Å²) in [6, 6.07) is 7.31. The van der Waals surface area contributed by atoms with E-state index in [0.29, 0.717) is 18.1 Å². The van der Waals surface area contributed by atoms with Gasteiger partial charge in [-0.15, -0.1) is 5.10 Å². The standard InChI is InChI=1S/C15H18N2O3S/c1-3-11-6-5-7-12(15(18)19-4-2)13(11)10-20-14-8-9-17(21)16-14/h5-9,21H,3-4,10H2,1-2H3. The Morgan fingerprint density at radius 3 is 2.76 bits per heavy atom. The second-order valence-corrected chi connectivity index (χ2v) is 4.79. The Bertz CT molecular complexity index is 625. The van der Waals surface area contributed by atoms with Gasteiger partial charge < -0.3 is 9.47 Å². The minimum absolute atomic E-state index is 0.267. The van der Waals surface area contributed by atoms with Crippen molar-refractivity contribution in [2.75, 3.05) is 6.61 Å². The lowest BCUT2D eigenvalue weighted by molar-refractivity contribution is 0.0523. The molecular formula is C15H18N2O3S. The topological polar surface area (TPSA) is 53.4 Å². The molecule has 6 heteroatoms. The molecule has 0 amide bonds. The normalized spacial score (nSPS) is 10.4. The number of carbonyl (C=O) groups is 1. The summed E-state index contributed by atoms with van der Waals surface area (Å²) >= 11 is 4.06. The van der Waals surface area contributed by atoms with Crippen LogP contribution < -0.4 is 4.74 Å². The molecule has 0 radical (unpaired) electrons. The van der Waals surface area contributed by atoms with Crippen molar-refractivity contribution in [2.45, 2.75) is 26.9 Å². The van der Waals surface area contributed by atoms with E-state index in [4.69, 9.17) is 9.47 Å². The molecule has 0 bridgehead atoms. The maximum Gasteiger partial charge on any atom is 0.338 e. The molecule has 5 nitrogen and oxygen atoms in total. The second-order valence-electron chi connectivity index (χ2n) is 4.38. The fourth-order valence-electron chi connectivity index (χ4n) is 2.06. The van der Waals surface area contributed by atoms with Crippen molar-refractivity contribution in [3.05, 3.63) is 47.2 Å². The van der Waals surface area contributed by atoms with E-state index in [0.717, 1.165) is 17.5 Å². The van der Waals surface area contributed by atoms with Crippen LogP contribution in [0.4, 0.5) is 0 Å². The summed E-state index contributed by atoms with van der Waals surface area (Å²) < 4.78 is 12.1. The van der Waals surface area contributed by atoms with Crippen molar-refractivity contribution in [3.8, 4) is 5.88 Å². The van der Waals surface area contributed by atoms with Gasteiger partial charge in [-0.3, -0.25) is 0 Å². The Hall–Kier alpha value is -1.95. The number of aryl methyl sites for hydroxylation is 1. The van der Waals surface area contributed by atoms with E-state index >= 15 is 0 Å². The van der Waals surface area contributed by atoms with E-state index in [-0.39, 0.29) is 12.6 Å². The van der Waals surface area contributed by atoms with Crippen LogP contribution in [0.2, 0.25) is 0 Å². The van der Waals surface area contributed by atoms with Crippen LogP contribution in [-0.2, 0) is 17.8 Å². The Labute approximate surface area is 129 Å². The van der Waals surface area contributed by atoms with Crippen LogP contribution in [0, 0.1) is 0 Å². The van der Waals surface area contributed by atoms with Crippen LogP contribution >= 0.6 is 12.8 Å². The average Bonchev–Trinajstić information content (AvgIpc) is 2.90. The lowest BCUT2D eigenvalue weighted by Crippen LogP contribution is -2.12. The number of benzene rings is 1. The van der Waals surface area contributed by atoms with Crippen molar-refractivity contribution < 1.29 is 14.3 Å². The minimum Gasteiger partial charge on any atom is -0.472 e. The lowest BCUT2D eigenvalue weighted by atomic mass is 10.00. The SMILES string of the molecule is CCOC(=O)c1cccc(CC)c1COc1ccn(S)n1. The third kappa shape index (κ3) is 3.78. The third-order valence-corrected chi connectivity index (χ3v) is 3.29. The van der Waals surface area contributed by atoms with Crippen molar-refractivity contribution >= 4 is 18.8 Å². The van der Waals surface area contributed by atoms with Crippen molar-refractivity contribution in [3.63, 3.8) is 0 Å². The first kappa shape index (κ1) is 15.4. The van der Waals surface area contributed by atoms with Crippen LogP contribution in [0.15, 0.2) is 30.5 Å². The molecule has 0 aliphatic rings.